The molecule has 0 aromatic heterocycles. The summed E-state index contributed by atoms with van der Waals surface area (Å²) in [5.41, 5.74) is 0.942. The number of amides is 2. The average Bonchev–Trinajstić information content (AvgIpc) is 2.93. The molecule has 0 aliphatic carbocycles. The van der Waals surface area contributed by atoms with Crippen molar-refractivity contribution in [2.24, 2.45) is 0 Å². The number of nitrogens with zero attached hydrogens (tertiary/aromatic N) is 1. The quantitative estimate of drug-likeness (QED) is 0.379. The highest BCUT2D eigenvalue weighted by molar-refractivity contribution is 6.21. The molecule has 0 fully saturated rings. The van der Waals surface area contributed by atoms with Gasteiger partial charge in [0.25, 0.3) is 11.8 Å². The van der Waals surface area contributed by atoms with E-state index in [9.17, 15) is 9.59 Å². The van der Waals surface area contributed by atoms with Gasteiger partial charge in [-0.3, -0.25) is 14.5 Å². The molecule has 0 saturated carbocycles. The summed E-state index contributed by atoms with van der Waals surface area (Å²) in [6.45, 7) is 7.47. The average molecular weight is 392 g/mol. The van der Waals surface area contributed by atoms with Gasteiger partial charge in [0.1, 0.15) is 0 Å². The Morgan fingerprint density at radius 2 is 1.54 bits per heavy atom. The Morgan fingerprint density at radius 3 is 2.11 bits per heavy atom. The first-order valence-corrected chi connectivity index (χ1v) is 10.2. The molecule has 1 aromatic carbocycles. The molecule has 0 spiro atoms. The Labute approximate surface area is 168 Å². The fraction of sp³-hybridized carbons (Fsp3) is 0.636. The standard InChI is InChI=1S/C22H33NO5/c1-5-6-12-28-18(14-16(2)26-4)15-17(3)27-13-11-23-21(24)19-9-7-8-10-20(19)22(23)25/h7-10,16-18H,5-6,11-15H2,1-4H3. The van der Waals surface area contributed by atoms with Crippen LogP contribution in [0, 0.1) is 0 Å². The summed E-state index contributed by atoms with van der Waals surface area (Å²) in [4.78, 5) is 26.0. The first-order chi connectivity index (χ1) is 13.5. The molecule has 156 valence electrons. The maximum absolute atomic E-state index is 12.4. The lowest BCUT2D eigenvalue weighted by Gasteiger charge is -2.24. The van der Waals surface area contributed by atoms with Crippen molar-refractivity contribution in [1.29, 1.82) is 0 Å². The van der Waals surface area contributed by atoms with E-state index in [4.69, 9.17) is 14.2 Å². The van der Waals surface area contributed by atoms with Crippen LogP contribution in [0.3, 0.4) is 0 Å². The lowest BCUT2D eigenvalue weighted by Crippen LogP contribution is -2.34. The van der Waals surface area contributed by atoms with Gasteiger partial charge in [-0.05, 0) is 45.2 Å². The van der Waals surface area contributed by atoms with Gasteiger partial charge in [-0.1, -0.05) is 25.5 Å². The van der Waals surface area contributed by atoms with Crippen LogP contribution in [0.5, 0.6) is 0 Å². The van der Waals surface area contributed by atoms with Crippen LogP contribution < -0.4 is 0 Å². The molecule has 0 N–H and O–H groups in total. The van der Waals surface area contributed by atoms with Crippen molar-refractivity contribution in [3.8, 4) is 0 Å². The number of benzene rings is 1. The molecule has 0 saturated heterocycles. The molecule has 0 bridgehead atoms. The molecule has 28 heavy (non-hydrogen) atoms. The number of carbonyl (C=O) groups excluding carboxylic acids is 2. The Bertz CT molecular complexity index is 613. The zero-order valence-electron chi connectivity index (χ0n) is 17.5. The lowest BCUT2D eigenvalue weighted by atomic mass is 10.1. The van der Waals surface area contributed by atoms with Gasteiger partial charge >= 0.3 is 0 Å². The van der Waals surface area contributed by atoms with Gasteiger partial charge in [-0.25, -0.2) is 0 Å². The summed E-state index contributed by atoms with van der Waals surface area (Å²) in [6.07, 6.45) is 3.84. The SMILES string of the molecule is CCCCOC(CC(C)OC)CC(C)OCCN1C(=O)c2ccccc2C1=O. The van der Waals surface area contributed by atoms with Crippen molar-refractivity contribution < 1.29 is 23.8 Å². The normalized spacial score (nSPS) is 16.9. The fourth-order valence-electron chi connectivity index (χ4n) is 3.32. The molecule has 3 unspecified atom stereocenters. The topological polar surface area (TPSA) is 65.1 Å². The Morgan fingerprint density at radius 1 is 0.929 bits per heavy atom. The number of unbranched alkanes of at least 4 members (excludes halogenated alkanes) is 1. The van der Waals surface area contributed by atoms with E-state index in [0.29, 0.717) is 17.7 Å². The minimum atomic E-state index is -0.244. The fourth-order valence-corrected chi connectivity index (χ4v) is 3.32. The van der Waals surface area contributed by atoms with Crippen molar-refractivity contribution >= 4 is 11.8 Å². The summed E-state index contributed by atoms with van der Waals surface area (Å²) in [7, 11) is 1.70. The van der Waals surface area contributed by atoms with E-state index in [1.165, 1.54) is 4.90 Å². The number of fused-ring (bicyclic) bond motifs is 1. The smallest absolute Gasteiger partial charge is 0.261 e. The molecule has 1 aromatic rings. The number of ether oxygens (including phenoxy) is 3. The monoisotopic (exact) mass is 391 g/mol. The number of hydrogen-bond donors (Lipinski definition) is 0. The summed E-state index contributed by atoms with van der Waals surface area (Å²) >= 11 is 0. The molecule has 6 nitrogen and oxygen atoms in total. The zero-order chi connectivity index (χ0) is 20.5. The van der Waals surface area contributed by atoms with Gasteiger partial charge in [0.2, 0.25) is 0 Å². The van der Waals surface area contributed by atoms with E-state index in [1.807, 2.05) is 13.8 Å². The predicted molar refractivity (Wildman–Crippen MR) is 108 cm³/mol. The number of imide groups is 1. The number of rotatable bonds is 13. The highest BCUT2D eigenvalue weighted by Crippen LogP contribution is 2.22. The lowest BCUT2D eigenvalue weighted by molar-refractivity contribution is -0.0363. The van der Waals surface area contributed by atoms with Gasteiger partial charge in [-0.2, -0.15) is 0 Å². The largest absolute Gasteiger partial charge is 0.382 e. The second-order valence-corrected chi connectivity index (χ2v) is 7.35. The third-order valence-electron chi connectivity index (χ3n) is 5.04. The summed E-state index contributed by atoms with van der Waals surface area (Å²) in [5.74, 6) is -0.488. The first kappa shape index (κ1) is 22.5. The van der Waals surface area contributed by atoms with Crippen LogP contribution in [0.1, 0.15) is 67.2 Å². The molecule has 1 aliphatic rings. The Balaban J connectivity index is 1.79. The van der Waals surface area contributed by atoms with Gasteiger partial charge in [-0.15, -0.1) is 0 Å². The maximum Gasteiger partial charge on any atom is 0.261 e. The Hall–Kier alpha value is -1.76. The highest BCUT2D eigenvalue weighted by Gasteiger charge is 2.34. The highest BCUT2D eigenvalue weighted by atomic mass is 16.5. The first-order valence-electron chi connectivity index (χ1n) is 10.2. The third kappa shape index (κ3) is 6.12. The zero-order valence-corrected chi connectivity index (χ0v) is 17.5. The van der Waals surface area contributed by atoms with Crippen LogP contribution in [-0.4, -0.2) is 61.9 Å². The van der Waals surface area contributed by atoms with Gasteiger partial charge in [0.15, 0.2) is 0 Å². The van der Waals surface area contributed by atoms with Crippen molar-refractivity contribution in [3.63, 3.8) is 0 Å². The summed E-state index contributed by atoms with van der Waals surface area (Å²) in [5, 5.41) is 0. The van der Waals surface area contributed by atoms with E-state index >= 15 is 0 Å². The van der Waals surface area contributed by atoms with Crippen molar-refractivity contribution in [3.05, 3.63) is 35.4 Å². The van der Waals surface area contributed by atoms with Crippen LogP contribution in [0.4, 0.5) is 0 Å². The molecule has 2 amide bonds. The predicted octanol–water partition coefficient (Wildman–Crippen LogP) is 3.69. The van der Waals surface area contributed by atoms with Crippen molar-refractivity contribution in [2.45, 2.75) is 64.8 Å². The molecule has 1 heterocycles. The number of hydrogen-bond acceptors (Lipinski definition) is 5. The van der Waals surface area contributed by atoms with Crippen molar-refractivity contribution in [2.75, 3.05) is 26.9 Å². The minimum Gasteiger partial charge on any atom is -0.382 e. The van der Waals surface area contributed by atoms with E-state index in [2.05, 4.69) is 6.92 Å². The minimum absolute atomic E-state index is 0.0362. The number of carbonyl (C=O) groups is 2. The molecule has 1 aliphatic heterocycles. The van der Waals surface area contributed by atoms with Crippen LogP contribution in [-0.2, 0) is 14.2 Å². The van der Waals surface area contributed by atoms with Crippen LogP contribution in [0.15, 0.2) is 24.3 Å². The molecule has 6 heteroatoms. The van der Waals surface area contributed by atoms with Crippen molar-refractivity contribution in [1.82, 2.24) is 4.90 Å². The number of methoxy groups -OCH3 is 1. The van der Waals surface area contributed by atoms with Gasteiger partial charge in [0, 0.05) is 13.7 Å². The van der Waals surface area contributed by atoms with E-state index in [-0.39, 0.29) is 36.7 Å². The van der Waals surface area contributed by atoms with E-state index in [1.54, 1.807) is 31.4 Å². The molecular formula is C22H33NO5. The van der Waals surface area contributed by atoms with E-state index < -0.39 is 0 Å². The van der Waals surface area contributed by atoms with Crippen LogP contribution in [0.2, 0.25) is 0 Å². The second kappa shape index (κ2) is 11.3. The molecule has 0 radical (unpaired) electrons. The van der Waals surface area contributed by atoms with Crippen LogP contribution in [0.25, 0.3) is 0 Å². The molecule has 3 atom stereocenters. The molecule has 2 rings (SSSR count). The van der Waals surface area contributed by atoms with Gasteiger partial charge < -0.3 is 14.2 Å². The third-order valence-corrected chi connectivity index (χ3v) is 5.04. The second-order valence-electron chi connectivity index (χ2n) is 7.35. The summed E-state index contributed by atoms with van der Waals surface area (Å²) < 4.78 is 17.3. The maximum atomic E-state index is 12.4. The van der Waals surface area contributed by atoms with Crippen LogP contribution >= 0.6 is 0 Å². The molecular weight excluding hydrogens is 358 g/mol. The Kier molecular flexibility index (Phi) is 9.09. The van der Waals surface area contributed by atoms with E-state index in [0.717, 1.165) is 32.3 Å². The summed E-state index contributed by atoms with van der Waals surface area (Å²) in [6, 6.07) is 6.92. The van der Waals surface area contributed by atoms with Gasteiger partial charge in [0.05, 0.1) is 42.6 Å².